The predicted molar refractivity (Wildman–Crippen MR) is 152 cm³/mol. The zero-order valence-corrected chi connectivity index (χ0v) is 21.2. The molecule has 0 aliphatic heterocycles. The van der Waals surface area contributed by atoms with Crippen LogP contribution in [-0.4, -0.2) is 9.13 Å². The third kappa shape index (κ3) is 3.08. The first-order valence-electron chi connectivity index (χ1n) is 11.9. The molecule has 2 nitrogen and oxygen atoms in total. The summed E-state index contributed by atoms with van der Waals surface area (Å²) in [4.78, 5) is 0. The molecule has 0 saturated carbocycles. The van der Waals surface area contributed by atoms with Gasteiger partial charge in [-0.2, -0.15) is 0 Å². The Morgan fingerprint density at radius 3 is 1.69 bits per heavy atom. The van der Waals surface area contributed by atoms with E-state index in [0.717, 1.165) is 10.2 Å². The molecular formula is C32H23BrN2. The van der Waals surface area contributed by atoms with E-state index in [-0.39, 0.29) is 0 Å². The minimum atomic E-state index is 1.08. The summed E-state index contributed by atoms with van der Waals surface area (Å²) >= 11 is 3.69. The lowest BCUT2D eigenvalue weighted by atomic mass is 10.1. The number of aromatic nitrogens is 2. The second-order valence-electron chi connectivity index (χ2n) is 9.41. The standard InChI is InChI=1S/C32H23BrN2/c1-20-8-14-29-27(16-20)28-17-21(2)9-15-30(28)35(29)24-11-13-26-25-12-10-22(33)18-31(25)34(32(26)19-24)23-6-4-3-5-7-23/h3-19H,1-2H3. The number of aryl methyl sites for hydroxylation is 2. The molecule has 3 heteroatoms. The van der Waals surface area contributed by atoms with Crippen LogP contribution in [0, 0.1) is 13.8 Å². The number of fused-ring (bicyclic) bond motifs is 6. The third-order valence-corrected chi connectivity index (χ3v) is 7.56. The summed E-state index contributed by atoms with van der Waals surface area (Å²) in [6.07, 6.45) is 0. The quantitative estimate of drug-likeness (QED) is 0.217. The Bertz CT molecular complexity index is 1860. The average Bonchev–Trinajstić information content (AvgIpc) is 3.35. The molecule has 0 saturated heterocycles. The fourth-order valence-corrected chi connectivity index (χ4v) is 5.85. The van der Waals surface area contributed by atoms with Crippen LogP contribution < -0.4 is 0 Å². The van der Waals surface area contributed by atoms with Crippen LogP contribution in [0.5, 0.6) is 0 Å². The molecular weight excluding hydrogens is 492 g/mol. The lowest BCUT2D eigenvalue weighted by Gasteiger charge is -2.11. The van der Waals surface area contributed by atoms with Gasteiger partial charge in [-0.1, -0.05) is 69.5 Å². The lowest BCUT2D eigenvalue weighted by Crippen LogP contribution is -1.97. The smallest absolute Gasteiger partial charge is 0.0561 e. The van der Waals surface area contributed by atoms with E-state index in [0.29, 0.717) is 0 Å². The van der Waals surface area contributed by atoms with Gasteiger partial charge in [0.25, 0.3) is 0 Å². The maximum Gasteiger partial charge on any atom is 0.0561 e. The molecule has 168 valence electrons. The van der Waals surface area contributed by atoms with E-state index in [1.54, 1.807) is 0 Å². The van der Waals surface area contributed by atoms with Crippen molar-refractivity contribution in [2.75, 3.05) is 0 Å². The van der Waals surface area contributed by atoms with Crippen LogP contribution in [0.1, 0.15) is 11.1 Å². The van der Waals surface area contributed by atoms with E-state index in [4.69, 9.17) is 0 Å². The van der Waals surface area contributed by atoms with Gasteiger partial charge in [-0.05, 0) is 74.5 Å². The second kappa shape index (κ2) is 7.59. The molecule has 2 heterocycles. The van der Waals surface area contributed by atoms with Crippen molar-refractivity contribution in [2.24, 2.45) is 0 Å². The van der Waals surface area contributed by atoms with Crippen LogP contribution in [0.3, 0.4) is 0 Å². The summed E-state index contributed by atoms with van der Waals surface area (Å²) in [7, 11) is 0. The Balaban J connectivity index is 1.61. The number of para-hydroxylation sites is 1. The minimum absolute atomic E-state index is 1.08. The summed E-state index contributed by atoms with van der Waals surface area (Å²) < 4.78 is 5.87. The van der Waals surface area contributed by atoms with Crippen LogP contribution in [0.2, 0.25) is 0 Å². The summed E-state index contributed by atoms with van der Waals surface area (Å²) in [5.41, 5.74) is 9.77. The van der Waals surface area contributed by atoms with E-state index in [1.165, 1.54) is 60.4 Å². The Morgan fingerprint density at radius 2 is 1.03 bits per heavy atom. The lowest BCUT2D eigenvalue weighted by molar-refractivity contribution is 1.15. The Hall–Kier alpha value is -3.82. The van der Waals surface area contributed by atoms with Gasteiger partial charge in [0.1, 0.15) is 0 Å². The van der Waals surface area contributed by atoms with Gasteiger partial charge in [-0.15, -0.1) is 0 Å². The monoisotopic (exact) mass is 514 g/mol. The van der Waals surface area contributed by atoms with Crippen molar-refractivity contribution in [3.63, 3.8) is 0 Å². The van der Waals surface area contributed by atoms with Crippen LogP contribution >= 0.6 is 15.9 Å². The molecule has 2 aromatic heterocycles. The first-order valence-corrected chi connectivity index (χ1v) is 12.7. The first kappa shape index (κ1) is 20.5. The van der Waals surface area contributed by atoms with Crippen LogP contribution in [0.15, 0.2) is 108 Å². The highest BCUT2D eigenvalue weighted by Crippen LogP contribution is 2.37. The zero-order valence-electron chi connectivity index (χ0n) is 19.6. The van der Waals surface area contributed by atoms with Crippen molar-refractivity contribution in [3.8, 4) is 11.4 Å². The van der Waals surface area contributed by atoms with E-state index in [9.17, 15) is 0 Å². The number of hydrogen-bond donors (Lipinski definition) is 0. The van der Waals surface area contributed by atoms with Gasteiger partial charge in [0, 0.05) is 37.4 Å². The van der Waals surface area contributed by atoms with Crippen molar-refractivity contribution in [1.82, 2.24) is 9.13 Å². The maximum absolute atomic E-state index is 3.69. The van der Waals surface area contributed by atoms with Crippen LogP contribution in [0.4, 0.5) is 0 Å². The molecule has 0 bridgehead atoms. The zero-order chi connectivity index (χ0) is 23.7. The van der Waals surface area contributed by atoms with Crippen molar-refractivity contribution >= 4 is 59.5 Å². The topological polar surface area (TPSA) is 9.86 Å². The van der Waals surface area contributed by atoms with Gasteiger partial charge >= 0.3 is 0 Å². The maximum atomic E-state index is 3.69. The van der Waals surface area contributed by atoms with E-state index in [1.807, 2.05) is 0 Å². The van der Waals surface area contributed by atoms with Crippen molar-refractivity contribution in [1.29, 1.82) is 0 Å². The highest BCUT2D eigenvalue weighted by Gasteiger charge is 2.17. The Labute approximate surface area is 212 Å². The molecule has 0 spiro atoms. The molecule has 7 rings (SSSR count). The van der Waals surface area contributed by atoms with Crippen LogP contribution in [0.25, 0.3) is 55.0 Å². The van der Waals surface area contributed by atoms with E-state index < -0.39 is 0 Å². The van der Waals surface area contributed by atoms with E-state index >= 15 is 0 Å². The molecule has 0 N–H and O–H groups in total. The molecule has 0 radical (unpaired) electrons. The van der Waals surface area contributed by atoms with Crippen molar-refractivity contribution < 1.29 is 0 Å². The highest BCUT2D eigenvalue weighted by atomic mass is 79.9. The molecule has 35 heavy (non-hydrogen) atoms. The summed E-state index contributed by atoms with van der Waals surface area (Å²) in [6.45, 7) is 4.34. The third-order valence-electron chi connectivity index (χ3n) is 7.06. The summed E-state index contributed by atoms with van der Waals surface area (Å²) in [5, 5.41) is 5.12. The second-order valence-corrected chi connectivity index (χ2v) is 10.3. The highest BCUT2D eigenvalue weighted by molar-refractivity contribution is 9.10. The number of nitrogens with zero attached hydrogens (tertiary/aromatic N) is 2. The minimum Gasteiger partial charge on any atom is -0.309 e. The number of rotatable bonds is 2. The van der Waals surface area contributed by atoms with Gasteiger partial charge in [0.05, 0.1) is 22.1 Å². The van der Waals surface area contributed by atoms with E-state index in [2.05, 4.69) is 142 Å². The normalized spacial score (nSPS) is 11.9. The van der Waals surface area contributed by atoms with Gasteiger partial charge in [0.15, 0.2) is 0 Å². The molecule has 5 aromatic carbocycles. The van der Waals surface area contributed by atoms with Gasteiger partial charge in [-0.3, -0.25) is 0 Å². The fourth-order valence-electron chi connectivity index (χ4n) is 5.50. The molecule has 0 aliphatic carbocycles. The number of hydrogen-bond acceptors (Lipinski definition) is 0. The molecule has 0 atom stereocenters. The van der Waals surface area contributed by atoms with Crippen LogP contribution in [-0.2, 0) is 0 Å². The summed E-state index contributed by atoms with van der Waals surface area (Å²) in [6, 6.07) is 37.6. The molecule has 0 aliphatic rings. The number of benzene rings is 5. The fraction of sp³-hybridized carbons (Fsp3) is 0.0625. The van der Waals surface area contributed by atoms with Crippen molar-refractivity contribution in [2.45, 2.75) is 13.8 Å². The predicted octanol–water partition coefficient (Wildman–Crippen LogP) is 9.26. The molecule has 7 aromatic rings. The van der Waals surface area contributed by atoms with Crippen molar-refractivity contribution in [3.05, 3.63) is 119 Å². The Kier molecular flexibility index (Phi) is 4.46. The first-order chi connectivity index (χ1) is 17.1. The molecule has 0 unspecified atom stereocenters. The largest absolute Gasteiger partial charge is 0.309 e. The van der Waals surface area contributed by atoms with Gasteiger partial charge < -0.3 is 9.13 Å². The number of halogens is 1. The Morgan fingerprint density at radius 1 is 0.457 bits per heavy atom. The SMILES string of the molecule is Cc1ccc2c(c1)c1cc(C)ccc1n2-c1ccc2c3ccc(Br)cc3n(-c3ccccc3)c2c1. The molecule has 0 fully saturated rings. The molecule has 0 amide bonds. The summed E-state index contributed by atoms with van der Waals surface area (Å²) in [5.74, 6) is 0. The average molecular weight is 515 g/mol. The van der Waals surface area contributed by atoms with Gasteiger partial charge in [0.2, 0.25) is 0 Å². The van der Waals surface area contributed by atoms with Gasteiger partial charge in [-0.25, -0.2) is 0 Å².